The lowest BCUT2D eigenvalue weighted by molar-refractivity contribution is 0.0481. The Morgan fingerprint density at radius 3 is 2.48 bits per heavy atom. The van der Waals surface area contributed by atoms with Crippen molar-refractivity contribution in [1.82, 2.24) is 0 Å². The van der Waals surface area contributed by atoms with Crippen molar-refractivity contribution in [3.05, 3.63) is 40.7 Å². The second-order valence-electron chi connectivity index (χ2n) is 4.23. The SMILES string of the molecule is CCOC(=O)c1csc(NC(=O)c2ccco2)c1C(=O)OCC. The molecule has 0 spiro atoms. The van der Waals surface area contributed by atoms with Crippen molar-refractivity contribution >= 4 is 34.2 Å². The monoisotopic (exact) mass is 337 g/mol. The largest absolute Gasteiger partial charge is 0.462 e. The maximum atomic E-state index is 12.1. The van der Waals surface area contributed by atoms with Crippen molar-refractivity contribution in [1.29, 1.82) is 0 Å². The number of hydrogen-bond donors (Lipinski definition) is 1. The normalized spacial score (nSPS) is 10.2. The van der Waals surface area contributed by atoms with E-state index in [2.05, 4.69) is 5.32 Å². The van der Waals surface area contributed by atoms with Crippen LogP contribution in [0, 0.1) is 0 Å². The lowest BCUT2D eigenvalue weighted by Gasteiger charge is -2.07. The molecular weight excluding hydrogens is 322 g/mol. The van der Waals surface area contributed by atoms with Gasteiger partial charge < -0.3 is 19.2 Å². The van der Waals surface area contributed by atoms with Crippen LogP contribution in [0.25, 0.3) is 0 Å². The zero-order valence-electron chi connectivity index (χ0n) is 12.6. The van der Waals surface area contributed by atoms with Gasteiger partial charge in [-0.3, -0.25) is 4.79 Å². The van der Waals surface area contributed by atoms with Crippen molar-refractivity contribution in [3.63, 3.8) is 0 Å². The summed E-state index contributed by atoms with van der Waals surface area (Å²) < 4.78 is 14.9. The molecule has 7 nitrogen and oxygen atoms in total. The zero-order chi connectivity index (χ0) is 16.8. The Kier molecular flexibility index (Phi) is 5.53. The highest BCUT2D eigenvalue weighted by molar-refractivity contribution is 7.15. The van der Waals surface area contributed by atoms with Crippen molar-refractivity contribution in [3.8, 4) is 0 Å². The number of esters is 2. The second-order valence-corrected chi connectivity index (χ2v) is 5.11. The number of carbonyl (C=O) groups is 3. The molecule has 0 fully saturated rings. The molecule has 0 atom stereocenters. The molecule has 1 amide bonds. The van der Waals surface area contributed by atoms with Crippen LogP contribution < -0.4 is 5.32 Å². The number of hydrogen-bond acceptors (Lipinski definition) is 7. The first kappa shape index (κ1) is 16.8. The quantitative estimate of drug-likeness (QED) is 0.814. The van der Waals surface area contributed by atoms with E-state index in [9.17, 15) is 14.4 Å². The molecule has 0 aliphatic heterocycles. The summed E-state index contributed by atoms with van der Waals surface area (Å²) >= 11 is 1.03. The predicted octanol–water partition coefficient (Wildman–Crippen LogP) is 2.95. The molecule has 0 saturated carbocycles. The fraction of sp³-hybridized carbons (Fsp3) is 0.267. The van der Waals surface area contributed by atoms with Gasteiger partial charge in [0.05, 0.1) is 25.0 Å². The van der Waals surface area contributed by atoms with Gasteiger partial charge in [-0.15, -0.1) is 11.3 Å². The number of nitrogens with one attached hydrogen (secondary N) is 1. The molecule has 2 rings (SSSR count). The summed E-state index contributed by atoms with van der Waals surface area (Å²) in [6.07, 6.45) is 1.36. The number of thiophene rings is 1. The highest BCUT2D eigenvalue weighted by Gasteiger charge is 2.27. The molecule has 0 saturated heterocycles. The van der Waals surface area contributed by atoms with E-state index in [-0.39, 0.29) is 35.1 Å². The Bertz CT molecular complexity index is 704. The van der Waals surface area contributed by atoms with Gasteiger partial charge in [-0.25, -0.2) is 9.59 Å². The molecule has 0 radical (unpaired) electrons. The molecule has 122 valence electrons. The molecule has 2 heterocycles. The Balaban J connectivity index is 2.33. The highest BCUT2D eigenvalue weighted by Crippen LogP contribution is 2.30. The number of amides is 1. The number of furan rings is 1. The molecule has 0 bridgehead atoms. The van der Waals surface area contributed by atoms with Gasteiger partial charge in [-0.1, -0.05) is 0 Å². The standard InChI is InChI=1S/C15H15NO6S/c1-3-20-14(18)9-8-23-13(11(9)15(19)21-4-2)16-12(17)10-6-5-7-22-10/h5-8H,3-4H2,1-2H3,(H,16,17). The van der Waals surface area contributed by atoms with Crippen molar-refractivity contribution in [2.45, 2.75) is 13.8 Å². The van der Waals surface area contributed by atoms with Crippen LogP contribution in [-0.4, -0.2) is 31.1 Å². The van der Waals surface area contributed by atoms with Crippen LogP contribution in [0.2, 0.25) is 0 Å². The Hall–Kier alpha value is -2.61. The van der Waals surface area contributed by atoms with E-state index in [0.29, 0.717) is 0 Å². The van der Waals surface area contributed by atoms with E-state index in [1.165, 1.54) is 17.7 Å². The van der Waals surface area contributed by atoms with Gasteiger partial charge in [0.1, 0.15) is 10.6 Å². The number of anilines is 1. The first-order valence-electron chi connectivity index (χ1n) is 6.89. The summed E-state index contributed by atoms with van der Waals surface area (Å²) in [6.45, 7) is 3.62. The molecule has 2 aromatic heterocycles. The van der Waals surface area contributed by atoms with Crippen LogP contribution in [0.3, 0.4) is 0 Å². The van der Waals surface area contributed by atoms with Gasteiger partial charge in [-0.05, 0) is 26.0 Å². The van der Waals surface area contributed by atoms with E-state index in [1.807, 2.05) is 0 Å². The van der Waals surface area contributed by atoms with Crippen molar-refractivity contribution < 1.29 is 28.3 Å². The minimum Gasteiger partial charge on any atom is -0.462 e. The Labute approximate surface area is 136 Å². The van der Waals surface area contributed by atoms with Crippen molar-refractivity contribution in [2.24, 2.45) is 0 Å². The summed E-state index contributed by atoms with van der Waals surface area (Å²) in [5.74, 6) is -1.79. The third-order valence-corrected chi connectivity index (χ3v) is 3.63. The minimum atomic E-state index is -0.702. The van der Waals surface area contributed by atoms with Gasteiger partial charge in [0, 0.05) is 5.38 Å². The first-order valence-corrected chi connectivity index (χ1v) is 7.77. The molecular formula is C15H15NO6S. The Morgan fingerprint density at radius 2 is 1.87 bits per heavy atom. The lowest BCUT2D eigenvalue weighted by Crippen LogP contribution is -2.16. The van der Waals surface area contributed by atoms with Crippen molar-refractivity contribution in [2.75, 3.05) is 18.5 Å². The maximum absolute atomic E-state index is 12.1. The van der Waals surface area contributed by atoms with Crippen LogP contribution in [0.4, 0.5) is 5.00 Å². The summed E-state index contributed by atoms with van der Waals surface area (Å²) in [6, 6.07) is 3.05. The smallest absolute Gasteiger partial charge is 0.342 e. The van der Waals surface area contributed by atoms with Crippen LogP contribution in [0.15, 0.2) is 28.2 Å². The maximum Gasteiger partial charge on any atom is 0.342 e. The number of rotatable bonds is 6. The average Bonchev–Trinajstić information content (AvgIpc) is 3.17. The third kappa shape index (κ3) is 3.78. The Morgan fingerprint density at radius 1 is 1.17 bits per heavy atom. The zero-order valence-corrected chi connectivity index (χ0v) is 13.4. The topological polar surface area (TPSA) is 94.8 Å². The molecule has 8 heteroatoms. The van der Waals surface area contributed by atoms with E-state index in [1.54, 1.807) is 19.9 Å². The molecule has 0 aromatic carbocycles. The van der Waals surface area contributed by atoms with Gasteiger partial charge in [0.25, 0.3) is 5.91 Å². The molecule has 23 heavy (non-hydrogen) atoms. The van der Waals surface area contributed by atoms with Crippen LogP contribution in [0.1, 0.15) is 45.1 Å². The van der Waals surface area contributed by atoms with E-state index in [4.69, 9.17) is 13.9 Å². The first-order chi connectivity index (χ1) is 11.1. The molecule has 1 N–H and O–H groups in total. The second kappa shape index (κ2) is 7.59. The predicted molar refractivity (Wildman–Crippen MR) is 82.9 cm³/mol. The molecule has 2 aromatic rings. The van der Waals surface area contributed by atoms with E-state index in [0.717, 1.165) is 11.3 Å². The van der Waals surface area contributed by atoms with Gasteiger partial charge in [0.15, 0.2) is 5.76 Å². The third-order valence-electron chi connectivity index (χ3n) is 2.74. The molecule has 0 aliphatic rings. The summed E-state index contributed by atoms with van der Waals surface area (Å²) in [4.78, 5) is 36.1. The fourth-order valence-corrected chi connectivity index (χ4v) is 2.70. The summed E-state index contributed by atoms with van der Waals surface area (Å²) in [7, 11) is 0. The average molecular weight is 337 g/mol. The number of ether oxygens (including phenoxy) is 2. The minimum absolute atomic E-state index is 0.0183. The van der Waals surface area contributed by atoms with Gasteiger partial charge in [-0.2, -0.15) is 0 Å². The van der Waals surface area contributed by atoms with E-state index < -0.39 is 17.8 Å². The summed E-state index contributed by atoms with van der Waals surface area (Å²) in [5.41, 5.74) is 0.0419. The molecule has 0 aliphatic carbocycles. The van der Waals surface area contributed by atoms with Gasteiger partial charge >= 0.3 is 11.9 Å². The molecule has 0 unspecified atom stereocenters. The van der Waals surface area contributed by atoms with Crippen LogP contribution >= 0.6 is 11.3 Å². The fourth-order valence-electron chi connectivity index (χ4n) is 1.79. The van der Waals surface area contributed by atoms with Gasteiger partial charge in [0.2, 0.25) is 0 Å². The number of carbonyl (C=O) groups excluding carboxylic acids is 3. The van der Waals surface area contributed by atoms with Crippen LogP contribution in [0.5, 0.6) is 0 Å². The van der Waals surface area contributed by atoms with Crippen LogP contribution in [-0.2, 0) is 9.47 Å². The lowest BCUT2D eigenvalue weighted by atomic mass is 10.2. The van der Waals surface area contributed by atoms with E-state index >= 15 is 0 Å². The summed E-state index contributed by atoms with van der Waals surface area (Å²) in [5, 5.41) is 4.20. The highest BCUT2D eigenvalue weighted by atomic mass is 32.1.